The first kappa shape index (κ1) is 18.2. The third kappa shape index (κ3) is 5.72. The van der Waals surface area contributed by atoms with E-state index in [4.69, 9.17) is 5.73 Å². The number of hydrogen-bond acceptors (Lipinski definition) is 7. The van der Waals surface area contributed by atoms with Gasteiger partial charge in [0.05, 0.1) is 0 Å². The van der Waals surface area contributed by atoms with Crippen LogP contribution in [0.3, 0.4) is 0 Å². The van der Waals surface area contributed by atoms with Crippen molar-refractivity contribution in [3.05, 3.63) is 52.5 Å². The van der Waals surface area contributed by atoms with E-state index in [1.807, 2.05) is 24.3 Å². The number of carbonyl (C=O) groups is 1. The zero-order valence-electron chi connectivity index (χ0n) is 14.1. The molecule has 0 unspecified atom stereocenters. The molecule has 0 aromatic carbocycles. The predicted molar refractivity (Wildman–Crippen MR) is 98.6 cm³/mol. The summed E-state index contributed by atoms with van der Waals surface area (Å²) >= 11 is -0.0131. The van der Waals surface area contributed by atoms with Gasteiger partial charge in [-0.1, -0.05) is 0 Å². The number of unbranched alkanes of at least 4 members (excludes halogenated alkanes) is 1. The number of aryl methyl sites for hydroxylation is 2. The van der Waals surface area contributed by atoms with Crippen molar-refractivity contribution in [2.75, 3.05) is 11.1 Å². The number of hydrogen-bond donors (Lipinski definition) is 2. The Morgan fingerprint density at radius 2 is 1.88 bits per heavy atom. The number of pyridine rings is 1. The van der Waals surface area contributed by atoms with Gasteiger partial charge in [0.25, 0.3) is 0 Å². The summed E-state index contributed by atoms with van der Waals surface area (Å²) < 4.78 is 1.71. The molecule has 0 spiro atoms. The number of anilines is 2. The summed E-state index contributed by atoms with van der Waals surface area (Å²) in [6, 6.07) is 9.18. The van der Waals surface area contributed by atoms with Gasteiger partial charge in [-0.25, -0.2) is 0 Å². The topological polar surface area (TPSA) is 120 Å². The number of nitrogens with two attached hydrogens (primary N) is 1. The van der Waals surface area contributed by atoms with Gasteiger partial charge in [-0.2, -0.15) is 0 Å². The van der Waals surface area contributed by atoms with Gasteiger partial charge in [0.1, 0.15) is 0 Å². The van der Waals surface area contributed by atoms with Crippen LogP contribution in [0, 0.1) is 0 Å². The Morgan fingerprint density at radius 1 is 1.00 bits per heavy atom. The molecule has 0 aliphatic heterocycles. The van der Waals surface area contributed by atoms with Crippen molar-refractivity contribution in [2.45, 2.75) is 32.1 Å². The quantitative estimate of drug-likeness (QED) is 0.416. The van der Waals surface area contributed by atoms with Gasteiger partial charge >= 0.3 is 157 Å². The van der Waals surface area contributed by atoms with Crippen molar-refractivity contribution in [2.24, 2.45) is 0 Å². The van der Waals surface area contributed by atoms with E-state index in [1.54, 1.807) is 12.3 Å². The maximum atomic E-state index is 12.0. The van der Waals surface area contributed by atoms with Gasteiger partial charge in [-0.05, 0) is 0 Å². The van der Waals surface area contributed by atoms with Crippen molar-refractivity contribution in [3.63, 3.8) is 0 Å². The third-order valence-corrected chi connectivity index (χ3v) is 5.48. The Morgan fingerprint density at radius 3 is 2.65 bits per heavy atom. The molecule has 3 N–H and O–H groups in total. The number of carbonyl (C=O) groups excluding carboxylic acids is 1. The fourth-order valence-electron chi connectivity index (χ4n) is 2.32. The standard InChI is InChI=1S/C17H19N7OSe/c18-14-9-8-12(21-22-14)5-1-2-7-16-23-24-17(26-16)20-15(25)11-13-6-3-4-10-19-13/h3-4,6,8-10H,1-2,5,7,11H2,(H2,18,22)(H,20,24,25). The fourth-order valence-corrected chi connectivity index (χ4v) is 4.00. The molecule has 0 fully saturated rings. The van der Waals surface area contributed by atoms with Crippen molar-refractivity contribution >= 4 is 30.9 Å². The van der Waals surface area contributed by atoms with E-state index < -0.39 is 0 Å². The van der Waals surface area contributed by atoms with E-state index in [9.17, 15) is 4.79 Å². The molecule has 0 radical (unpaired) electrons. The number of nitrogen functional groups attached to an aromatic ring is 1. The molecule has 0 aliphatic carbocycles. The average Bonchev–Trinajstić information content (AvgIpc) is 3.08. The molecule has 26 heavy (non-hydrogen) atoms. The van der Waals surface area contributed by atoms with Crippen molar-refractivity contribution in [3.8, 4) is 0 Å². The molecule has 3 aromatic rings. The third-order valence-electron chi connectivity index (χ3n) is 3.59. The minimum atomic E-state index is -0.109. The second kappa shape index (κ2) is 9.17. The number of rotatable bonds is 8. The Bertz CT molecular complexity index is 836. The Kier molecular flexibility index (Phi) is 6.40. The number of nitrogens with one attached hydrogen (secondary N) is 1. The molecular weight excluding hydrogens is 397 g/mol. The van der Waals surface area contributed by atoms with Crippen LogP contribution in [0.2, 0.25) is 0 Å². The molecule has 0 saturated heterocycles. The summed E-state index contributed by atoms with van der Waals surface area (Å²) in [6.07, 6.45) is 5.66. The summed E-state index contributed by atoms with van der Waals surface area (Å²) in [6.45, 7) is 0. The predicted octanol–water partition coefficient (Wildman–Crippen LogP) is 1.05. The Hall–Kier alpha value is -2.64. The summed E-state index contributed by atoms with van der Waals surface area (Å²) in [4.78, 5) is 16.2. The monoisotopic (exact) mass is 417 g/mol. The van der Waals surface area contributed by atoms with Crippen LogP contribution in [0.1, 0.15) is 28.8 Å². The number of nitrogens with zero attached hydrogens (tertiary/aromatic N) is 5. The van der Waals surface area contributed by atoms with E-state index in [0.717, 1.165) is 41.6 Å². The van der Waals surface area contributed by atoms with Gasteiger partial charge in [-0.3, -0.25) is 0 Å². The van der Waals surface area contributed by atoms with E-state index >= 15 is 0 Å². The summed E-state index contributed by atoms with van der Waals surface area (Å²) in [7, 11) is 0. The van der Waals surface area contributed by atoms with E-state index in [0.29, 0.717) is 10.5 Å². The molecule has 1 amide bonds. The molecule has 3 rings (SSSR count). The van der Waals surface area contributed by atoms with Crippen LogP contribution in [0.5, 0.6) is 0 Å². The van der Waals surface area contributed by atoms with E-state index in [-0.39, 0.29) is 26.8 Å². The fraction of sp³-hybridized carbons (Fsp3) is 0.294. The summed E-state index contributed by atoms with van der Waals surface area (Å²) in [5.41, 5.74) is 7.20. The van der Waals surface area contributed by atoms with Crippen LogP contribution in [-0.2, 0) is 24.1 Å². The molecule has 9 heteroatoms. The van der Waals surface area contributed by atoms with E-state index in [2.05, 4.69) is 30.7 Å². The van der Waals surface area contributed by atoms with Crippen molar-refractivity contribution in [1.29, 1.82) is 0 Å². The molecule has 0 aliphatic rings. The van der Waals surface area contributed by atoms with Gasteiger partial charge in [0, 0.05) is 0 Å². The Balaban J connectivity index is 1.40. The molecule has 8 nitrogen and oxygen atoms in total. The van der Waals surface area contributed by atoms with Gasteiger partial charge in [0.15, 0.2) is 0 Å². The molecule has 0 saturated carbocycles. The van der Waals surface area contributed by atoms with Gasteiger partial charge < -0.3 is 0 Å². The van der Waals surface area contributed by atoms with Crippen LogP contribution in [0.4, 0.5) is 10.5 Å². The average molecular weight is 416 g/mol. The SMILES string of the molecule is Nc1ccc(CCCCc2nnc(NC(=O)Cc3ccccn3)[se]2)nn1. The number of amides is 1. The molecule has 134 valence electrons. The van der Waals surface area contributed by atoms with Crippen LogP contribution in [-0.4, -0.2) is 45.8 Å². The molecule has 3 aromatic heterocycles. The normalized spacial score (nSPS) is 10.6. The Labute approximate surface area is 157 Å². The van der Waals surface area contributed by atoms with E-state index in [1.165, 1.54) is 0 Å². The zero-order valence-corrected chi connectivity index (χ0v) is 15.8. The zero-order chi connectivity index (χ0) is 18.2. The molecule has 0 atom stereocenters. The van der Waals surface area contributed by atoms with Gasteiger partial charge in [-0.15, -0.1) is 0 Å². The second-order valence-corrected chi connectivity index (χ2v) is 7.93. The first-order valence-electron chi connectivity index (χ1n) is 8.29. The first-order valence-corrected chi connectivity index (χ1v) is 10.0. The van der Waals surface area contributed by atoms with Crippen LogP contribution < -0.4 is 11.1 Å². The molecule has 0 bridgehead atoms. The van der Waals surface area contributed by atoms with Crippen molar-refractivity contribution in [1.82, 2.24) is 25.4 Å². The maximum absolute atomic E-state index is 12.0. The summed E-state index contributed by atoms with van der Waals surface area (Å²) in [5.74, 6) is 0.328. The van der Waals surface area contributed by atoms with Gasteiger partial charge in [0.2, 0.25) is 0 Å². The second-order valence-electron chi connectivity index (χ2n) is 5.70. The minimum absolute atomic E-state index is 0.0131. The molecular formula is C17H19N7OSe. The summed E-state index contributed by atoms with van der Waals surface area (Å²) in [5, 5.41) is 19.0. The first-order chi connectivity index (χ1) is 12.7. The van der Waals surface area contributed by atoms with Crippen LogP contribution >= 0.6 is 0 Å². The van der Waals surface area contributed by atoms with Crippen molar-refractivity contribution < 1.29 is 4.79 Å². The van der Waals surface area contributed by atoms with Crippen LogP contribution in [0.25, 0.3) is 0 Å². The molecule has 3 heterocycles. The number of aromatic nitrogens is 5. The van der Waals surface area contributed by atoms with Crippen LogP contribution in [0.15, 0.2) is 36.5 Å².